The molecule has 1 heterocycles. The Morgan fingerprint density at radius 1 is 1.57 bits per heavy atom. The molecule has 1 saturated carbocycles. The summed E-state index contributed by atoms with van der Waals surface area (Å²) in [6, 6.07) is 1.98. The van der Waals surface area contributed by atoms with Gasteiger partial charge in [0.25, 0.3) is 0 Å². The summed E-state index contributed by atoms with van der Waals surface area (Å²) in [5.41, 5.74) is 0. The Kier molecular flexibility index (Phi) is 2.68. The summed E-state index contributed by atoms with van der Waals surface area (Å²) in [4.78, 5) is 12.6. The van der Waals surface area contributed by atoms with Gasteiger partial charge in [0, 0.05) is 23.2 Å². The molecule has 2 nitrogen and oxygen atoms in total. The Labute approximate surface area is 88.1 Å². The van der Waals surface area contributed by atoms with E-state index in [0.29, 0.717) is 18.1 Å². The van der Waals surface area contributed by atoms with Crippen LogP contribution in [-0.4, -0.2) is 12.0 Å². The first-order valence-corrected chi connectivity index (χ1v) is 6.10. The highest BCUT2D eigenvalue weighted by atomic mass is 32.2. The predicted molar refractivity (Wildman–Crippen MR) is 56.6 cm³/mol. The van der Waals surface area contributed by atoms with Crippen LogP contribution in [0, 0.1) is 5.92 Å². The molecule has 3 heteroatoms. The van der Waals surface area contributed by atoms with Crippen LogP contribution in [0.15, 0.2) is 21.6 Å². The van der Waals surface area contributed by atoms with Crippen molar-refractivity contribution in [2.24, 2.45) is 5.92 Å². The van der Waals surface area contributed by atoms with Crippen molar-refractivity contribution in [3.63, 3.8) is 0 Å². The summed E-state index contributed by atoms with van der Waals surface area (Å²) in [5, 5.41) is 0. The van der Waals surface area contributed by atoms with Crippen LogP contribution in [0.2, 0.25) is 0 Å². The average Bonchev–Trinajstić information content (AvgIpc) is 2.75. The first-order chi connectivity index (χ1) is 6.74. The summed E-state index contributed by atoms with van der Waals surface area (Å²) >= 11 is 1.69. The Morgan fingerprint density at radius 2 is 2.36 bits per heavy atom. The molecule has 1 aliphatic rings. The Bertz CT molecular complexity index is 343. The van der Waals surface area contributed by atoms with E-state index in [2.05, 4.69) is 0 Å². The molecule has 0 unspecified atom stereocenters. The van der Waals surface area contributed by atoms with E-state index >= 15 is 0 Å². The second-order valence-corrected chi connectivity index (χ2v) is 4.60. The predicted octanol–water partition coefficient (Wildman–Crippen LogP) is 3.08. The maximum Gasteiger partial charge on any atom is 0.136 e. The molecular formula is C11H14O2S. The fraction of sp³-hybridized carbons (Fsp3) is 0.545. The third-order valence-corrected chi connectivity index (χ3v) is 3.80. The van der Waals surface area contributed by atoms with Gasteiger partial charge in [-0.25, -0.2) is 0 Å². The lowest BCUT2D eigenvalue weighted by Gasteiger charge is -2.12. The number of hydrogen-bond donors (Lipinski definition) is 0. The molecule has 1 aromatic heterocycles. The highest BCUT2D eigenvalue weighted by molar-refractivity contribution is 7.98. The minimum atomic E-state index is 0.132. The molecular weight excluding hydrogens is 196 g/mol. The third kappa shape index (κ3) is 1.50. The van der Waals surface area contributed by atoms with E-state index in [0.717, 1.165) is 12.2 Å². The zero-order valence-electron chi connectivity index (χ0n) is 8.45. The summed E-state index contributed by atoms with van der Waals surface area (Å²) in [6.07, 6.45) is 5.41. The second kappa shape index (κ2) is 3.81. The number of furan rings is 1. The van der Waals surface area contributed by atoms with Crippen LogP contribution in [-0.2, 0) is 4.79 Å². The first kappa shape index (κ1) is 9.84. The topological polar surface area (TPSA) is 30.2 Å². The maximum absolute atomic E-state index is 11.4. The molecule has 2 atom stereocenters. The van der Waals surface area contributed by atoms with Crippen LogP contribution in [0.4, 0.5) is 0 Å². The van der Waals surface area contributed by atoms with Gasteiger partial charge in [0.2, 0.25) is 0 Å². The fourth-order valence-corrected chi connectivity index (χ4v) is 2.70. The lowest BCUT2D eigenvalue weighted by Crippen LogP contribution is -2.08. The highest BCUT2D eigenvalue weighted by Crippen LogP contribution is 2.41. The van der Waals surface area contributed by atoms with Gasteiger partial charge in [0.1, 0.15) is 11.5 Å². The summed E-state index contributed by atoms with van der Waals surface area (Å²) in [7, 11) is 0. The van der Waals surface area contributed by atoms with E-state index in [1.54, 1.807) is 18.0 Å². The summed E-state index contributed by atoms with van der Waals surface area (Å²) in [5.74, 6) is 1.82. The van der Waals surface area contributed by atoms with Gasteiger partial charge in [-0.1, -0.05) is 6.92 Å². The molecule has 0 aliphatic heterocycles. The Balaban J connectivity index is 2.27. The quantitative estimate of drug-likeness (QED) is 0.703. The number of thioether (sulfide) groups is 1. The van der Waals surface area contributed by atoms with Crippen molar-refractivity contribution in [3.05, 3.63) is 18.1 Å². The molecule has 1 fully saturated rings. The minimum Gasteiger partial charge on any atom is -0.468 e. The standard InChI is InChI=1S/C11H14O2S/c1-7-8(3-4-9(7)12)11-10(14-2)5-6-13-11/h5-8H,3-4H2,1-2H3/t7-,8-/m1/s1. The fourth-order valence-electron chi connectivity index (χ4n) is 2.11. The lowest BCUT2D eigenvalue weighted by atomic mass is 9.95. The zero-order chi connectivity index (χ0) is 10.1. The number of rotatable bonds is 2. The number of carbonyl (C=O) groups is 1. The van der Waals surface area contributed by atoms with E-state index in [4.69, 9.17) is 4.42 Å². The Morgan fingerprint density at radius 3 is 2.93 bits per heavy atom. The molecule has 0 amide bonds. The van der Waals surface area contributed by atoms with Gasteiger partial charge in [-0.2, -0.15) is 0 Å². The van der Waals surface area contributed by atoms with Gasteiger partial charge in [-0.15, -0.1) is 11.8 Å². The van der Waals surface area contributed by atoms with Crippen LogP contribution in [0.5, 0.6) is 0 Å². The van der Waals surface area contributed by atoms with Crippen LogP contribution < -0.4 is 0 Å². The van der Waals surface area contributed by atoms with Gasteiger partial charge >= 0.3 is 0 Å². The summed E-state index contributed by atoms with van der Waals surface area (Å²) in [6.45, 7) is 2.01. The van der Waals surface area contributed by atoms with Crippen molar-refractivity contribution >= 4 is 17.5 Å². The molecule has 1 aliphatic carbocycles. The van der Waals surface area contributed by atoms with E-state index in [9.17, 15) is 4.79 Å². The summed E-state index contributed by atoms with van der Waals surface area (Å²) < 4.78 is 5.49. The average molecular weight is 210 g/mol. The van der Waals surface area contributed by atoms with Crippen molar-refractivity contribution in [2.45, 2.75) is 30.6 Å². The number of carbonyl (C=O) groups excluding carboxylic acids is 1. The molecule has 1 aromatic rings. The van der Waals surface area contributed by atoms with Crippen molar-refractivity contribution in [1.29, 1.82) is 0 Å². The molecule has 0 radical (unpaired) electrons. The van der Waals surface area contributed by atoms with Crippen LogP contribution >= 0.6 is 11.8 Å². The maximum atomic E-state index is 11.4. The third-order valence-electron chi connectivity index (χ3n) is 3.03. The smallest absolute Gasteiger partial charge is 0.136 e. The molecule has 0 bridgehead atoms. The van der Waals surface area contributed by atoms with Gasteiger partial charge in [0.15, 0.2) is 0 Å². The van der Waals surface area contributed by atoms with E-state index in [1.165, 1.54) is 4.90 Å². The van der Waals surface area contributed by atoms with Crippen molar-refractivity contribution in [2.75, 3.05) is 6.26 Å². The van der Waals surface area contributed by atoms with Crippen molar-refractivity contribution in [1.82, 2.24) is 0 Å². The first-order valence-electron chi connectivity index (χ1n) is 4.88. The number of ketones is 1. The normalized spacial score (nSPS) is 27.1. The molecule has 76 valence electrons. The molecule has 0 saturated heterocycles. The number of Topliss-reactive ketones (excluding diaryl/α,β-unsaturated/α-hetero) is 1. The zero-order valence-corrected chi connectivity index (χ0v) is 9.26. The van der Waals surface area contributed by atoms with Gasteiger partial charge in [-0.05, 0) is 18.7 Å². The molecule has 0 N–H and O–H groups in total. The van der Waals surface area contributed by atoms with Crippen LogP contribution in [0.3, 0.4) is 0 Å². The van der Waals surface area contributed by atoms with Gasteiger partial charge < -0.3 is 4.42 Å². The second-order valence-electron chi connectivity index (χ2n) is 3.75. The van der Waals surface area contributed by atoms with E-state index < -0.39 is 0 Å². The SMILES string of the molecule is CSc1ccoc1[C@@H]1CCC(=O)[C@@H]1C. The Hall–Kier alpha value is -0.700. The van der Waals surface area contributed by atoms with Crippen LogP contribution in [0.1, 0.15) is 31.4 Å². The van der Waals surface area contributed by atoms with Crippen molar-refractivity contribution < 1.29 is 9.21 Å². The van der Waals surface area contributed by atoms with Gasteiger partial charge in [0.05, 0.1) is 6.26 Å². The van der Waals surface area contributed by atoms with Gasteiger partial charge in [-0.3, -0.25) is 4.79 Å². The van der Waals surface area contributed by atoms with Crippen molar-refractivity contribution in [3.8, 4) is 0 Å². The minimum absolute atomic E-state index is 0.132. The molecule has 0 aromatic carbocycles. The monoisotopic (exact) mass is 210 g/mol. The lowest BCUT2D eigenvalue weighted by molar-refractivity contribution is -0.120. The van der Waals surface area contributed by atoms with E-state index in [1.807, 2.05) is 19.2 Å². The van der Waals surface area contributed by atoms with E-state index in [-0.39, 0.29) is 5.92 Å². The molecule has 2 rings (SSSR count). The largest absolute Gasteiger partial charge is 0.468 e. The molecule has 0 spiro atoms. The highest BCUT2D eigenvalue weighted by Gasteiger charge is 2.35. The van der Waals surface area contributed by atoms with Crippen LogP contribution in [0.25, 0.3) is 0 Å². The molecule has 14 heavy (non-hydrogen) atoms. The number of hydrogen-bond acceptors (Lipinski definition) is 3.